The standard InChI is InChI=1S/C27H30F2N6O3/c1-4-22(37)33-11-12-34(16(2)14-33)26-18-13-20(29)24(23-19(28)8-5-9-21(23)36)30-25(18)35(27(38)31-26)15-17-7-6-10-32(17)3/h4-5,8-9,13,16-17,36H,1,6-7,10-12,14-15H2,2-3H3/t16-,17-/m0/s1. The molecule has 2 saturated heterocycles. The molecule has 2 aliphatic rings. The average molecular weight is 525 g/mol. The van der Waals surface area contributed by atoms with Gasteiger partial charge in [-0.3, -0.25) is 9.36 Å². The summed E-state index contributed by atoms with van der Waals surface area (Å²) >= 11 is 0. The molecular weight excluding hydrogens is 494 g/mol. The first kappa shape index (κ1) is 25.8. The van der Waals surface area contributed by atoms with Crippen molar-refractivity contribution in [1.82, 2.24) is 24.3 Å². The molecule has 38 heavy (non-hydrogen) atoms. The fourth-order valence-corrected chi connectivity index (χ4v) is 5.48. The van der Waals surface area contributed by atoms with Gasteiger partial charge < -0.3 is 19.8 Å². The summed E-state index contributed by atoms with van der Waals surface area (Å²) in [5, 5.41) is 10.6. The van der Waals surface area contributed by atoms with Crippen LogP contribution in [-0.4, -0.2) is 80.7 Å². The van der Waals surface area contributed by atoms with E-state index in [2.05, 4.69) is 21.4 Å². The Balaban J connectivity index is 1.68. The molecule has 11 heteroatoms. The lowest BCUT2D eigenvalue weighted by Gasteiger charge is -2.40. The maximum atomic E-state index is 15.6. The fourth-order valence-electron chi connectivity index (χ4n) is 5.48. The van der Waals surface area contributed by atoms with E-state index in [1.165, 1.54) is 28.8 Å². The SMILES string of the molecule is C=CC(=O)N1CCN(c2nc(=O)n(C[C@@H]3CCCN3C)c3nc(-c4c(O)cccc4F)c(F)cc23)[C@@H](C)C1. The zero-order valence-electron chi connectivity index (χ0n) is 21.4. The Bertz CT molecular complexity index is 1460. The number of hydrogen-bond donors (Lipinski definition) is 1. The average Bonchev–Trinajstić information content (AvgIpc) is 3.29. The molecule has 1 aromatic carbocycles. The molecule has 4 heterocycles. The van der Waals surface area contributed by atoms with Crippen molar-refractivity contribution >= 4 is 22.8 Å². The summed E-state index contributed by atoms with van der Waals surface area (Å²) in [7, 11) is 1.98. The van der Waals surface area contributed by atoms with Crippen molar-refractivity contribution in [1.29, 1.82) is 0 Å². The number of halogens is 2. The Morgan fingerprint density at radius 2 is 2.00 bits per heavy atom. The first-order valence-corrected chi connectivity index (χ1v) is 12.7. The second-order valence-corrected chi connectivity index (χ2v) is 9.96. The van der Waals surface area contributed by atoms with Crippen LogP contribution in [0.1, 0.15) is 19.8 Å². The molecular formula is C27H30F2N6O3. The summed E-state index contributed by atoms with van der Waals surface area (Å²) in [6, 6.07) is 4.73. The summed E-state index contributed by atoms with van der Waals surface area (Å²) in [6.45, 7) is 7.75. The number of fused-ring (bicyclic) bond motifs is 1. The van der Waals surface area contributed by atoms with Crippen LogP contribution < -0.4 is 10.6 Å². The molecule has 2 aromatic heterocycles. The van der Waals surface area contributed by atoms with E-state index < -0.39 is 23.1 Å². The number of rotatable bonds is 5. The summed E-state index contributed by atoms with van der Waals surface area (Å²) in [5.74, 6) is -2.06. The number of piperazine rings is 1. The molecule has 0 bridgehead atoms. The highest BCUT2D eigenvalue weighted by atomic mass is 19.1. The third kappa shape index (κ3) is 4.51. The van der Waals surface area contributed by atoms with Gasteiger partial charge in [0.05, 0.1) is 10.9 Å². The number of nitrogens with zero attached hydrogens (tertiary/aromatic N) is 6. The Morgan fingerprint density at radius 1 is 1.21 bits per heavy atom. The van der Waals surface area contributed by atoms with E-state index in [4.69, 9.17) is 0 Å². The van der Waals surface area contributed by atoms with Crippen LogP contribution in [0.2, 0.25) is 0 Å². The maximum absolute atomic E-state index is 15.6. The number of carbonyl (C=O) groups is 1. The van der Waals surface area contributed by atoms with Gasteiger partial charge in [0.15, 0.2) is 5.82 Å². The van der Waals surface area contributed by atoms with Gasteiger partial charge in [0, 0.05) is 38.3 Å². The van der Waals surface area contributed by atoms with Crippen LogP contribution in [0, 0.1) is 11.6 Å². The second-order valence-electron chi connectivity index (χ2n) is 9.96. The zero-order chi connectivity index (χ0) is 27.1. The van der Waals surface area contributed by atoms with Gasteiger partial charge in [0.25, 0.3) is 0 Å². The molecule has 0 spiro atoms. The Labute approximate surface area is 218 Å². The molecule has 0 radical (unpaired) electrons. The molecule has 5 rings (SSSR count). The van der Waals surface area contributed by atoms with Crippen LogP contribution >= 0.6 is 0 Å². The van der Waals surface area contributed by atoms with Crippen molar-refractivity contribution < 1.29 is 18.7 Å². The van der Waals surface area contributed by atoms with E-state index in [9.17, 15) is 19.1 Å². The number of aromatic nitrogens is 3. The van der Waals surface area contributed by atoms with Crippen LogP contribution in [0.25, 0.3) is 22.3 Å². The number of anilines is 1. The summed E-state index contributed by atoms with van der Waals surface area (Å²) in [6.07, 6.45) is 3.13. The molecule has 200 valence electrons. The fraction of sp³-hybridized carbons (Fsp3) is 0.407. The van der Waals surface area contributed by atoms with Gasteiger partial charge in [-0.1, -0.05) is 12.6 Å². The number of aromatic hydroxyl groups is 1. The van der Waals surface area contributed by atoms with Crippen molar-refractivity contribution in [3.05, 3.63) is 59.0 Å². The van der Waals surface area contributed by atoms with E-state index in [0.717, 1.165) is 25.5 Å². The van der Waals surface area contributed by atoms with Crippen LogP contribution in [0.3, 0.4) is 0 Å². The van der Waals surface area contributed by atoms with Gasteiger partial charge in [0.1, 0.15) is 28.7 Å². The van der Waals surface area contributed by atoms with E-state index in [0.29, 0.717) is 25.0 Å². The minimum Gasteiger partial charge on any atom is -0.507 e. The number of pyridine rings is 1. The molecule has 0 aliphatic carbocycles. The molecule has 9 nitrogen and oxygen atoms in total. The van der Waals surface area contributed by atoms with Crippen LogP contribution in [0.5, 0.6) is 5.75 Å². The monoisotopic (exact) mass is 524 g/mol. The third-order valence-electron chi connectivity index (χ3n) is 7.56. The normalized spacial score (nSPS) is 20.3. The summed E-state index contributed by atoms with van der Waals surface area (Å²) < 4.78 is 31.7. The van der Waals surface area contributed by atoms with E-state index in [-0.39, 0.29) is 47.3 Å². The number of carbonyl (C=O) groups excluding carboxylic acids is 1. The molecule has 1 N–H and O–H groups in total. The largest absolute Gasteiger partial charge is 0.507 e. The summed E-state index contributed by atoms with van der Waals surface area (Å²) in [5.41, 5.74) is -1.14. The molecule has 2 aliphatic heterocycles. The zero-order valence-corrected chi connectivity index (χ0v) is 21.4. The van der Waals surface area contributed by atoms with Crippen molar-refractivity contribution in [3.8, 4) is 17.0 Å². The van der Waals surface area contributed by atoms with Crippen molar-refractivity contribution in [2.45, 2.75) is 38.4 Å². The first-order chi connectivity index (χ1) is 18.2. The molecule has 0 unspecified atom stereocenters. The van der Waals surface area contributed by atoms with Crippen LogP contribution in [-0.2, 0) is 11.3 Å². The molecule has 0 saturated carbocycles. The van der Waals surface area contributed by atoms with Gasteiger partial charge in [-0.2, -0.15) is 4.98 Å². The lowest BCUT2D eigenvalue weighted by atomic mass is 10.1. The Hall–Kier alpha value is -3.86. The van der Waals surface area contributed by atoms with Crippen molar-refractivity contribution in [3.63, 3.8) is 0 Å². The minimum atomic E-state index is -0.850. The number of phenolic OH excluding ortho intramolecular Hbond substituents is 1. The number of amides is 1. The predicted molar refractivity (Wildman–Crippen MR) is 140 cm³/mol. The van der Waals surface area contributed by atoms with E-state index in [1.807, 2.05) is 18.9 Å². The molecule has 2 fully saturated rings. The quantitative estimate of drug-likeness (QED) is 0.513. The summed E-state index contributed by atoms with van der Waals surface area (Å²) in [4.78, 5) is 40.1. The lowest BCUT2D eigenvalue weighted by Crippen LogP contribution is -2.54. The van der Waals surface area contributed by atoms with Crippen LogP contribution in [0.15, 0.2) is 41.7 Å². The lowest BCUT2D eigenvalue weighted by molar-refractivity contribution is -0.126. The van der Waals surface area contributed by atoms with Gasteiger partial charge >= 0.3 is 5.69 Å². The highest BCUT2D eigenvalue weighted by molar-refractivity contribution is 5.90. The van der Waals surface area contributed by atoms with E-state index in [1.54, 1.807) is 4.90 Å². The number of likely N-dealkylation sites (N-methyl/N-ethyl adjacent to an activating group) is 1. The highest BCUT2D eigenvalue weighted by Gasteiger charge is 2.31. The number of phenols is 1. The topological polar surface area (TPSA) is 94.8 Å². The molecule has 1 amide bonds. The molecule has 2 atom stereocenters. The van der Waals surface area contributed by atoms with Gasteiger partial charge in [-0.15, -0.1) is 0 Å². The third-order valence-corrected chi connectivity index (χ3v) is 7.56. The Morgan fingerprint density at radius 3 is 2.66 bits per heavy atom. The predicted octanol–water partition coefficient (Wildman–Crippen LogP) is 2.76. The minimum absolute atomic E-state index is 0.0631. The number of benzene rings is 1. The smallest absolute Gasteiger partial charge is 0.351 e. The van der Waals surface area contributed by atoms with Crippen LogP contribution in [0.4, 0.5) is 14.6 Å². The Kier molecular flexibility index (Phi) is 6.87. The van der Waals surface area contributed by atoms with E-state index >= 15 is 4.39 Å². The van der Waals surface area contributed by atoms with Gasteiger partial charge in [-0.25, -0.2) is 18.6 Å². The maximum Gasteiger partial charge on any atom is 0.351 e. The second kappa shape index (κ2) is 10.1. The first-order valence-electron chi connectivity index (χ1n) is 12.7. The van der Waals surface area contributed by atoms with Crippen molar-refractivity contribution in [2.24, 2.45) is 0 Å². The number of likely N-dealkylation sites (tertiary alicyclic amines) is 1. The highest BCUT2D eigenvalue weighted by Crippen LogP contribution is 2.35. The number of hydrogen-bond acceptors (Lipinski definition) is 7. The van der Waals surface area contributed by atoms with Gasteiger partial charge in [0.2, 0.25) is 5.91 Å². The van der Waals surface area contributed by atoms with Gasteiger partial charge in [-0.05, 0) is 57.6 Å². The van der Waals surface area contributed by atoms with Crippen molar-refractivity contribution in [2.75, 3.05) is 38.1 Å². The molecule has 3 aromatic rings.